The molecule has 2 aromatic carbocycles. The summed E-state index contributed by atoms with van der Waals surface area (Å²) in [5.41, 5.74) is 6.68. The summed E-state index contributed by atoms with van der Waals surface area (Å²) >= 11 is 0. The largest absolute Gasteiger partial charge is 0.334 e. The average Bonchev–Trinajstić information content (AvgIpc) is 2.48. The lowest BCUT2D eigenvalue weighted by molar-refractivity contribution is 0.251. The Hall–Kier alpha value is -2.29. The molecule has 110 valence electrons. The van der Waals surface area contributed by atoms with Crippen LogP contribution in [0.1, 0.15) is 27.8 Å². The maximum absolute atomic E-state index is 12.1. The van der Waals surface area contributed by atoms with Crippen molar-refractivity contribution in [3.05, 3.63) is 64.2 Å². The fraction of sp³-hybridized carbons (Fsp3) is 0.278. The second-order valence-electron chi connectivity index (χ2n) is 5.43. The number of anilines is 1. The molecule has 0 aromatic heterocycles. The van der Waals surface area contributed by atoms with Crippen LogP contribution in [-0.4, -0.2) is 6.03 Å². The molecule has 0 aliphatic carbocycles. The molecule has 0 bridgehead atoms. The second-order valence-corrected chi connectivity index (χ2v) is 5.43. The van der Waals surface area contributed by atoms with Gasteiger partial charge in [0, 0.05) is 12.2 Å². The van der Waals surface area contributed by atoms with Gasteiger partial charge in [-0.1, -0.05) is 36.4 Å². The van der Waals surface area contributed by atoms with Gasteiger partial charge in [0.05, 0.1) is 0 Å². The van der Waals surface area contributed by atoms with Crippen molar-refractivity contribution in [1.29, 1.82) is 0 Å². The van der Waals surface area contributed by atoms with Crippen molar-refractivity contribution in [2.24, 2.45) is 0 Å². The van der Waals surface area contributed by atoms with Crippen LogP contribution in [0.5, 0.6) is 0 Å². The van der Waals surface area contributed by atoms with E-state index in [4.69, 9.17) is 0 Å². The van der Waals surface area contributed by atoms with E-state index in [1.54, 1.807) is 0 Å². The number of aryl methyl sites for hydroxylation is 2. The number of carbonyl (C=O) groups excluding carboxylic acids is 1. The number of hydrogen-bond acceptors (Lipinski definition) is 1. The van der Waals surface area contributed by atoms with Crippen LogP contribution in [0.25, 0.3) is 0 Å². The molecular weight excluding hydrogens is 260 g/mol. The lowest BCUT2D eigenvalue weighted by atomic mass is 9.98. The van der Waals surface area contributed by atoms with E-state index in [9.17, 15) is 4.79 Å². The van der Waals surface area contributed by atoms with Gasteiger partial charge in [-0.2, -0.15) is 0 Å². The van der Waals surface area contributed by atoms with Crippen LogP contribution < -0.4 is 10.6 Å². The van der Waals surface area contributed by atoms with Crippen molar-refractivity contribution in [1.82, 2.24) is 5.32 Å². The number of hydrogen-bond donors (Lipinski definition) is 2. The Morgan fingerprint density at radius 1 is 0.952 bits per heavy atom. The van der Waals surface area contributed by atoms with Gasteiger partial charge in [0.15, 0.2) is 0 Å². The van der Waals surface area contributed by atoms with Crippen molar-refractivity contribution < 1.29 is 4.79 Å². The highest BCUT2D eigenvalue weighted by Gasteiger charge is 2.10. The molecule has 0 saturated heterocycles. The number of rotatable bonds is 3. The Balaban J connectivity index is 2.05. The van der Waals surface area contributed by atoms with E-state index < -0.39 is 0 Å². The molecule has 2 amide bonds. The Morgan fingerprint density at radius 2 is 1.62 bits per heavy atom. The Bertz CT molecular complexity index is 648. The SMILES string of the molecule is Cc1cc(C)c(NC(=O)NCc2ccccc2)c(C)c1C. The van der Waals surface area contributed by atoms with Crippen molar-refractivity contribution in [3.63, 3.8) is 0 Å². The zero-order valence-corrected chi connectivity index (χ0v) is 13.1. The third-order valence-corrected chi connectivity index (χ3v) is 3.89. The standard InChI is InChI=1S/C18H22N2O/c1-12-10-13(2)17(15(4)14(12)3)20-18(21)19-11-16-8-6-5-7-9-16/h5-10H,11H2,1-4H3,(H2,19,20,21). The topological polar surface area (TPSA) is 41.1 Å². The maximum atomic E-state index is 12.1. The summed E-state index contributed by atoms with van der Waals surface area (Å²) in [5.74, 6) is 0. The summed E-state index contributed by atoms with van der Waals surface area (Å²) in [7, 11) is 0. The van der Waals surface area contributed by atoms with Crippen LogP contribution in [0.3, 0.4) is 0 Å². The normalized spacial score (nSPS) is 10.3. The summed E-state index contributed by atoms with van der Waals surface area (Å²) in [6, 6.07) is 11.8. The summed E-state index contributed by atoms with van der Waals surface area (Å²) in [4.78, 5) is 12.1. The van der Waals surface area contributed by atoms with Crippen LogP contribution in [0.4, 0.5) is 10.5 Å². The minimum atomic E-state index is -0.173. The molecule has 0 fully saturated rings. The van der Waals surface area contributed by atoms with Gasteiger partial charge in [0.1, 0.15) is 0 Å². The van der Waals surface area contributed by atoms with Gasteiger partial charge >= 0.3 is 6.03 Å². The Labute approximate surface area is 126 Å². The van der Waals surface area contributed by atoms with E-state index in [0.29, 0.717) is 6.54 Å². The molecule has 0 saturated carbocycles. The van der Waals surface area contributed by atoms with E-state index in [1.807, 2.05) is 44.2 Å². The fourth-order valence-electron chi connectivity index (χ4n) is 2.41. The van der Waals surface area contributed by atoms with Crippen LogP contribution in [0.2, 0.25) is 0 Å². The Morgan fingerprint density at radius 3 is 2.29 bits per heavy atom. The van der Waals surface area contributed by atoms with Gasteiger partial charge < -0.3 is 10.6 Å². The summed E-state index contributed by atoms with van der Waals surface area (Å²) in [6.07, 6.45) is 0. The second kappa shape index (κ2) is 6.44. The first-order valence-corrected chi connectivity index (χ1v) is 7.15. The van der Waals surface area contributed by atoms with E-state index >= 15 is 0 Å². The predicted molar refractivity (Wildman–Crippen MR) is 87.7 cm³/mol. The molecule has 0 unspecified atom stereocenters. The van der Waals surface area contributed by atoms with Gasteiger partial charge in [0.2, 0.25) is 0 Å². The molecule has 0 heterocycles. The highest BCUT2D eigenvalue weighted by Crippen LogP contribution is 2.26. The smallest absolute Gasteiger partial charge is 0.319 e. The molecular formula is C18H22N2O. The van der Waals surface area contributed by atoms with Crippen LogP contribution in [0, 0.1) is 27.7 Å². The summed E-state index contributed by atoms with van der Waals surface area (Å²) in [5, 5.41) is 5.85. The molecule has 3 heteroatoms. The van der Waals surface area contributed by atoms with E-state index in [-0.39, 0.29) is 6.03 Å². The van der Waals surface area contributed by atoms with E-state index in [2.05, 4.69) is 30.5 Å². The van der Waals surface area contributed by atoms with Crippen molar-refractivity contribution in [3.8, 4) is 0 Å². The lowest BCUT2D eigenvalue weighted by Gasteiger charge is -2.16. The monoisotopic (exact) mass is 282 g/mol. The van der Waals surface area contributed by atoms with E-state index in [1.165, 1.54) is 11.1 Å². The first kappa shape index (κ1) is 15.1. The molecule has 3 nitrogen and oxygen atoms in total. The van der Waals surface area contributed by atoms with Gasteiger partial charge in [-0.15, -0.1) is 0 Å². The molecule has 0 radical (unpaired) electrons. The van der Waals surface area contributed by atoms with Gasteiger partial charge in [-0.05, 0) is 55.5 Å². The molecule has 0 atom stereocenters. The van der Waals surface area contributed by atoms with Crippen molar-refractivity contribution in [2.45, 2.75) is 34.2 Å². The summed E-state index contributed by atoms with van der Waals surface area (Å²) < 4.78 is 0. The van der Waals surface area contributed by atoms with Crippen molar-refractivity contribution in [2.75, 3.05) is 5.32 Å². The molecule has 0 spiro atoms. The third-order valence-electron chi connectivity index (χ3n) is 3.89. The number of nitrogens with one attached hydrogen (secondary N) is 2. The van der Waals surface area contributed by atoms with Crippen LogP contribution >= 0.6 is 0 Å². The highest BCUT2D eigenvalue weighted by molar-refractivity contribution is 5.91. The van der Waals surface area contributed by atoms with Gasteiger partial charge in [0.25, 0.3) is 0 Å². The molecule has 0 aliphatic rings. The van der Waals surface area contributed by atoms with Gasteiger partial charge in [-0.3, -0.25) is 0 Å². The molecule has 21 heavy (non-hydrogen) atoms. The predicted octanol–water partition coefficient (Wildman–Crippen LogP) is 4.24. The zero-order valence-electron chi connectivity index (χ0n) is 13.1. The summed E-state index contributed by atoms with van der Waals surface area (Å²) in [6.45, 7) is 8.76. The maximum Gasteiger partial charge on any atom is 0.319 e. The fourth-order valence-corrected chi connectivity index (χ4v) is 2.41. The number of urea groups is 1. The van der Waals surface area contributed by atoms with Gasteiger partial charge in [-0.25, -0.2) is 4.79 Å². The molecule has 0 aliphatic heterocycles. The van der Waals surface area contributed by atoms with Crippen molar-refractivity contribution >= 4 is 11.7 Å². The first-order chi connectivity index (χ1) is 9.99. The van der Waals surface area contributed by atoms with Crippen LogP contribution in [0.15, 0.2) is 36.4 Å². The average molecular weight is 282 g/mol. The molecule has 2 N–H and O–H groups in total. The Kier molecular flexibility index (Phi) is 4.63. The number of amides is 2. The zero-order chi connectivity index (χ0) is 15.4. The molecule has 2 rings (SSSR count). The third kappa shape index (κ3) is 3.63. The minimum Gasteiger partial charge on any atom is -0.334 e. The minimum absolute atomic E-state index is 0.173. The quantitative estimate of drug-likeness (QED) is 0.868. The number of carbonyl (C=O) groups is 1. The van der Waals surface area contributed by atoms with E-state index in [0.717, 1.165) is 22.4 Å². The highest BCUT2D eigenvalue weighted by atomic mass is 16.2. The first-order valence-electron chi connectivity index (χ1n) is 7.15. The molecule has 2 aromatic rings. The number of benzene rings is 2. The van der Waals surface area contributed by atoms with Crippen LogP contribution in [-0.2, 0) is 6.54 Å². The lowest BCUT2D eigenvalue weighted by Crippen LogP contribution is -2.29.